The molecule has 10 nitrogen and oxygen atoms in total. The number of fused-ring (bicyclic) bond motifs is 1. The van der Waals surface area contributed by atoms with Crippen molar-refractivity contribution < 1.29 is 38.1 Å². The molecule has 1 unspecified atom stereocenters. The first-order valence-electron chi connectivity index (χ1n) is 14.7. The molecule has 0 fully saturated rings. The highest BCUT2D eigenvalue weighted by Crippen LogP contribution is 2.24. The van der Waals surface area contributed by atoms with E-state index >= 15 is 0 Å². The van der Waals surface area contributed by atoms with E-state index in [9.17, 15) is 14.4 Å². The maximum atomic E-state index is 12.7. The summed E-state index contributed by atoms with van der Waals surface area (Å²) >= 11 is 0. The lowest BCUT2D eigenvalue weighted by Gasteiger charge is -2.08. The van der Waals surface area contributed by atoms with Crippen LogP contribution in [0, 0.1) is 5.92 Å². The fraction of sp³-hybridized carbons (Fsp3) is 0.250. The zero-order chi connectivity index (χ0) is 33.9. The van der Waals surface area contributed by atoms with E-state index in [1.165, 1.54) is 12.1 Å². The molecule has 0 saturated carbocycles. The number of rotatable bonds is 13. The predicted octanol–water partition coefficient (Wildman–Crippen LogP) is 7.31. The molecule has 0 radical (unpaired) electrons. The third-order valence-electron chi connectivity index (χ3n) is 6.36. The van der Waals surface area contributed by atoms with Gasteiger partial charge < -0.3 is 23.7 Å². The van der Waals surface area contributed by atoms with Crippen LogP contribution in [0.3, 0.4) is 0 Å². The molecule has 0 spiro atoms. The zero-order valence-electron chi connectivity index (χ0n) is 26.3. The summed E-state index contributed by atoms with van der Waals surface area (Å²) in [5.74, 6) is 1.56. The Morgan fingerprint density at radius 2 is 1.52 bits per heavy atom. The Bertz CT molecular complexity index is 1640. The van der Waals surface area contributed by atoms with Gasteiger partial charge in [-0.05, 0) is 92.1 Å². The average Bonchev–Trinajstić information content (AvgIpc) is 3.08. The molecule has 0 bridgehead atoms. The third kappa shape index (κ3) is 11.5. The van der Waals surface area contributed by atoms with Crippen LogP contribution in [0.25, 0.3) is 22.4 Å². The van der Waals surface area contributed by atoms with Crippen LogP contribution < -0.4 is 19.8 Å². The largest absolute Gasteiger partial charge is 0.494 e. The minimum absolute atomic E-state index is 0.146. The van der Waals surface area contributed by atoms with Gasteiger partial charge in [0.1, 0.15) is 17.2 Å². The molecule has 1 aromatic heterocycles. The van der Waals surface area contributed by atoms with E-state index in [1.807, 2.05) is 20.8 Å². The van der Waals surface area contributed by atoms with Crippen LogP contribution in [0.15, 0.2) is 101 Å². The van der Waals surface area contributed by atoms with Crippen LogP contribution in [0.5, 0.6) is 17.2 Å². The second kappa shape index (κ2) is 19.7. The summed E-state index contributed by atoms with van der Waals surface area (Å²) in [6.07, 6.45) is 5.72. The van der Waals surface area contributed by atoms with E-state index in [2.05, 4.69) is 18.1 Å². The number of carbonyl (C=O) groups excluding carboxylic acids is 2. The van der Waals surface area contributed by atoms with E-state index in [4.69, 9.17) is 28.5 Å². The number of esters is 1. The molecule has 0 aliphatic carbocycles. The fourth-order valence-corrected chi connectivity index (χ4v) is 3.67. The van der Waals surface area contributed by atoms with E-state index < -0.39 is 11.6 Å². The van der Waals surface area contributed by atoms with Crippen LogP contribution in [-0.4, -0.2) is 41.5 Å². The number of allylic oxidation sites excluding steroid dienone is 1. The first kappa shape index (κ1) is 36.7. The smallest absolute Gasteiger partial charge is 0.347 e. The van der Waals surface area contributed by atoms with Gasteiger partial charge in [-0.3, -0.25) is 9.59 Å². The molecule has 0 aliphatic heterocycles. The Labute approximate surface area is 268 Å². The van der Waals surface area contributed by atoms with Crippen molar-refractivity contribution in [1.29, 1.82) is 0 Å². The molecule has 0 saturated heterocycles. The first-order valence-corrected chi connectivity index (χ1v) is 14.7. The van der Waals surface area contributed by atoms with Crippen LogP contribution in [0.4, 0.5) is 0 Å². The van der Waals surface area contributed by atoms with Gasteiger partial charge in [-0.15, -0.1) is 6.58 Å². The molecule has 46 heavy (non-hydrogen) atoms. The van der Waals surface area contributed by atoms with Gasteiger partial charge in [-0.2, -0.15) is 0 Å². The number of carbonyl (C=O) groups is 3. The van der Waals surface area contributed by atoms with Crippen LogP contribution in [-0.2, 0) is 9.59 Å². The summed E-state index contributed by atoms with van der Waals surface area (Å²) in [6, 6.07) is 18.5. The topological polar surface area (TPSA) is 142 Å². The van der Waals surface area contributed by atoms with Gasteiger partial charge in [-0.25, -0.2) is 14.6 Å². The molecule has 1 heterocycles. The standard InChI is InChI=1S/C28H25NO6.C7H12O.CH2O2/c1-3-5-17-33-22-10-6-19(7-11-22)26-29-25-15-14-23(18-24(25)28(31)35-26)34-27(30)20-8-12-21(13-9-20)32-16-4-2;1-4-6(3)7(8)5-2;2-1-3/h3,6-15,18H,1,4-5,16-17H2,2H3;5-6H,2,4H2,1,3H3;1H,(H,2,3). The molecule has 4 rings (SSSR count). The minimum atomic E-state index is -0.577. The number of benzene rings is 3. The summed E-state index contributed by atoms with van der Waals surface area (Å²) < 4.78 is 22.0. The summed E-state index contributed by atoms with van der Waals surface area (Å²) in [4.78, 5) is 48.6. The van der Waals surface area contributed by atoms with Gasteiger partial charge in [0, 0.05) is 11.5 Å². The quantitative estimate of drug-likeness (QED) is 0.0399. The number of nitrogens with zero attached hydrogens (tertiary/aromatic N) is 1. The zero-order valence-corrected chi connectivity index (χ0v) is 26.3. The molecule has 242 valence electrons. The predicted molar refractivity (Wildman–Crippen MR) is 177 cm³/mol. The maximum Gasteiger partial charge on any atom is 0.347 e. The highest BCUT2D eigenvalue weighted by molar-refractivity contribution is 5.92. The summed E-state index contributed by atoms with van der Waals surface area (Å²) in [5.41, 5.74) is 0.861. The van der Waals surface area contributed by atoms with Crippen LogP contribution in [0.2, 0.25) is 0 Å². The number of aromatic nitrogens is 1. The second-order valence-corrected chi connectivity index (χ2v) is 9.72. The van der Waals surface area contributed by atoms with Crippen molar-refractivity contribution in [3.05, 3.63) is 108 Å². The normalized spacial score (nSPS) is 10.6. The van der Waals surface area contributed by atoms with Gasteiger partial charge in [0.2, 0.25) is 5.89 Å². The fourth-order valence-electron chi connectivity index (χ4n) is 3.67. The average molecular weight is 630 g/mol. The summed E-state index contributed by atoms with van der Waals surface area (Å²) in [7, 11) is 0. The minimum Gasteiger partial charge on any atom is -0.494 e. The lowest BCUT2D eigenvalue weighted by atomic mass is 10.0. The van der Waals surface area contributed by atoms with Crippen molar-refractivity contribution >= 4 is 29.1 Å². The van der Waals surface area contributed by atoms with Gasteiger partial charge >= 0.3 is 11.6 Å². The molecular formula is C36H39NO9. The highest BCUT2D eigenvalue weighted by atomic mass is 16.5. The SMILES string of the molecule is C=CC(=O)C(C)CC.C=CCCOc1ccc(-c2nc3ccc(OC(=O)c4ccc(OCCC)cc4)cc3c(=O)o2)cc1.O=CO. The summed E-state index contributed by atoms with van der Waals surface area (Å²) in [5, 5.41) is 7.10. The third-order valence-corrected chi connectivity index (χ3v) is 6.36. The van der Waals surface area contributed by atoms with E-state index in [0.717, 1.165) is 19.3 Å². The van der Waals surface area contributed by atoms with Crippen molar-refractivity contribution in [3.63, 3.8) is 0 Å². The molecule has 4 aromatic rings. The molecule has 10 heteroatoms. The Hall–Kier alpha value is -5.51. The Kier molecular flexibility index (Phi) is 15.7. The molecule has 3 aromatic carbocycles. The Morgan fingerprint density at radius 3 is 2.07 bits per heavy atom. The van der Waals surface area contributed by atoms with Gasteiger partial charge in [0.15, 0.2) is 5.78 Å². The van der Waals surface area contributed by atoms with Crippen LogP contribution >= 0.6 is 0 Å². The highest BCUT2D eigenvalue weighted by Gasteiger charge is 2.13. The van der Waals surface area contributed by atoms with Crippen molar-refractivity contribution in [2.45, 2.75) is 40.0 Å². The molecule has 1 atom stereocenters. The molecule has 1 N–H and O–H groups in total. The van der Waals surface area contributed by atoms with Crippen molar-refractivity contribution in [3.8, 4) is 28.7 Å². The number of ether oxygens (including phenoxy) is 3. The van der Waals surface area contributed by atoms with Crippen LogP contribution in [0.1, 0.15) is 50.4 Å². The van der Waals surface area contributed by atoms with Crippen molar-refractivity contribution in [2.75, 3.05) is 13.2 Å². The van der Waals surface area contributed by atoms with Gasteiger partial charge in [0.05, 0.1) is 29.7 Å². The Morgan fingerprint density at radius 1 is 0.935 bits per heavy atom. The number of ketones is 1. The number of hydrogen-bond acceptors (Lipinski definition) is 9. The van der Waals surface area contributed by atoms with E-state index in [1.54, 1.807) is 66.7 Å². The summed E-state index contributed by atoms with van der Waals surface area (Å²) in [6.45, 7) is 13.9. The lowest BCUT2D eigenvalue weighted by Crippen LogP contribution is -2.09. The monoisotopic (exact) mass is 629 g/mol. The molecular weight excluding hydrogens is 590 g/mol. The lowest BCUT2D eigenvalue weighted by molar-refractivity contribution is -0.123. The van der Waals surface area contributed by atoms with Crippen molar-refractivity contribution in [1.82, 2.24) is 4.98 Å². The van der Waals surface area contributed by atoms with E-state index in [0.29, 0.717) is 41.4 Å². The Balaban J connectivity index is 0.000000577. The van der Waals surface area contributed by atoms with Gasteiger partial charge in [0.25, 0.3) is 6.47 Å². The number of carboxylic acid groups (broad SMARTS) is 1. The molecule has 0 amide bonds. The first-order chi connectivity index (χ1) is 22.2. The van der Waals surface area contributed by atoms with E-state index in [-0.39, 0.29) is 35.2 Å². The van der Waals surface area contributed by atoms with Crippen molar-refractivity contribution in [2.24, 2.45) is 5.92 Å². The number of hydrogen-bond donors (Lipinski definition) is 1. The maximum absolute atomic E-state index is 12.7. The molecule has 0 aliphatic rings. The van der Waals surface area contributed by atoms with Gasteiger partial charge in [-0.1, -0.05) is 33.4 Å². The second-order valence-electron chi connectivity index (χ2n) is 9.72.